The number of rotatable bonds is 7. The van der Waals surface area contributed by atoms with Gasteiger partial charge in [-0.3, -0.25) is 4.79 Å². The molecule has 3 atom stereocenters. The molecule has 0 bridgehead atoms. The van der Waals surface area contributed by atoms with Gasteiger partial charge in [-0.2, -0.15) is 10.2 Å². The predicted octanol–water partition coefficient (Wildman–Crippen LogP) is 2.69. The molecule has 1 aromatic heterocycles. The maximum absolute atomic E-state index is 14.8. The van der Waals surface area contributed by atoms with E-state index in [1.54, 1.807) is 18.2 Å². The molecule has 41 heavy (non-hydrogen) atoms. The highest BCUT2D eigenvalue weighted by Crippen LogP contribution is 2.40. The van der Waals surface area contributed by atoms with Crippen molar-refractivity contribution in [2.24, 2.45) is 5.41 Å². The third-order valence-electron chi connectivity index (χ3n) is 7.72. The lowest BCUT2D eigenvalue weighted by Crippen LogP contribution is -2.66. The maximum Gasteiger partial charge on any atom is 0.251 e. The minimum absolute atomic E-state index is 0.174. The molecule has 12 heteroatoms. The number of amides is 1. The molecule has 4 heterocycles. The van der Waals surface area contributed by atoms with Crippen molar-refractivity contribution in [1.82, 2.24) is 19.9 Å². The fourth-order valence-electron chi connectivity index (χ4n) is 5.40. The number of alkyl halides is 1. The molecule has 3 saturated heterocycles. The first-order valence-corrected chi connectivity index (χ1v) is 13.5. The van der Waals surface area contributed by atoms with E-state index in [9.17, 15) is 19.6 Å². The highest BCUT2D eigenvalue weighted by molar-refractivity contribution is 5.80. The predicted molar refractivity (Wildman–Crippen MR) is 147 cm³/mol. The van der Waals surface area contributed by atoms with Crippen LogP contribution < -0.4 is 15.0 Å². The number of nitrogens with one attached hydrogen (secondary N) is 1. The molecule has 1 unspecified atom stereocenters. The molecular weight excluding hydrogens is 529 g/mol. The van der Waals surface area contributed by atoms with Crippen molar-refractivity contribution in [1.29, 1.82) is 5.26 Å². The molecule has 3 fully saturated rings. The van der Waals surface area contributed by atoms with Crippen LogP contribution in [0.5, 0.6) is 5.75 Å². The third kappa shape index (κ3) is 5.51. The zero-order chi connectivity index (χ0) is 28.6. The number of halogens is 1. The van der Waals surface area contributed by atoms with E-state index in [2.05, 4.69) is 43.4 Å². The van der Waals surface area contributed by atoms with Gasteiger partial charge in [-0.1, -0.05) is 0 Å². The van der Waals surface area contributed by atoms with Gasteiger partial charge in [0.25, 0.3) is 5.91 Å². The second-order valence-electron chi connectivity index (χ2n) is 10.9. The van der Waals surface area contributed by atoms with Gasteiger partial charge in [0.2, 0.25) is 5.95 Å². The second kappa shape index (κ2) is 10.9. The fourth-order valence-corrected chi connectivity index (χ4v) is 5.40. The average Bonchev–Trinajstić information content (AvgIpc) is 2.93. The Labute approximate surface area is 236 Å². The molecule has 3 aromatic rings. The van der Waals surface area contributed by atoms with Crippen molar-refractivity contribution in [2.75, 3.05) is 49.6 Å². The molecule has 0 radical (unpaired) electrons. The molecule has 3 aliphatic rings. The highest BCUT2D eigenvalue weighted by atomic mass is 19.1. The van der Waals surface area contributed by atoms with E-state index in [1.807, 2.05) is 12.1 Å². The zero-order valence-electron chi connectivity index (χ0n) is 22.5. The molecule has 0 saturated carbocycles. The van der Waals surface area contributed by atoms with Gasteiger partial charge in [0.05, 0.1) is 30.7 Å². The van der Waals surface area contributed by atoms with E-state index in [0.717, 1.165) is 37.7 Å². The zero-order valence-corrected chi connectivity index (χ0v) is 22.5. The van der Waals surface area contributed by atoms with E-state index < -0.39 is 24.3 Å². The summed E-state index contributed by atoms with van der Waals surface area (Å²) in [6.07, 6.45) is -1.83. The van der Waals surface area contributed by atoms with Gasteiger partial charge >= 0.3 is 0 Å². The van der Waals surface area contributed by atoms with E-state index in [4.69, 9.17) is 9.47 Å². The van der Waals surface area contributed by atoms with Crippen LogP contribution in [-0.2, 0) is 9.53 Å². The number of anilines is 3. The summed E-state index contributed by atoms with van der Waals surface area (Å²) in [7, 11) is 0. The lowest BCUT2D eigenvalue weighted by Gasteiger charge is -2.56. The number of aliphatic hydroxyl groups excluding tert-OH is 1. The largest absolute Gasteiger partial charge is 0.486 e. The minimum atomic E-state index is -1.45. The Morgan fingerprint density at radius 2 is 2.02 bits per heavy atom. The van der Waals surface area contributed by atoms with Gasteiger partial charge < -0.3 is 29.7 Å². The summed E-state index contributed by atoms with van der Waals surface area (Å²) in [5.74, 6) is 0.448. The van der Waals surface area contributed by atoms with Crippen LogP contribution in [0.3, 0.4) is 0 Å². The monoisotopic (exact) mass is 559 g/mol. The number of likely N-dealkylation sites (tertiary alicyclic amines) is 1. The first-order valence-electron chi connectivity index (χ1n) is 13.5. The smallest absolute Gasteiger partial charge is 0.251 e. The number of nitriles is 1. The van der Waals surface area contributed by atoms with Gasteiger partial charge in [0, 0.05) is 43.0 Å². The molecule has 212 valence electrons. The normalized spacial score (nSPS) is 21.8. The highest BCUT2D eigenvalue weighted by Gasteiger charge is 2.49. The quantitative estimate of drug-likeness (QED) is 0.445. The van der Waals surface area contributed by atoms with Crippen LogP contribution in [0.15, 0.2) is 48.8 Å². The molecule has 3 aliphatic heterocycles. The van der Waals surface area contributed by atoms with Gasteiger partial charge in [0.15, 0.2) is 12.0 Å². The number of nitrogens with zero attached hydrogens (tertiary/aromatic N) is 6. The number of hydrogen-bond acceptors (Lipinski definition) is 10. The standard InChI is InChI=1S/C29H30FN7O4/c1-18(38)27(39)36-9-8-25(23(30)12-36)41-24-7-2-19(10-20(24)11-31)26-32-17-33-28(35-26)34-21-3-5-22(6-4-21)37-13-29(14-37)15-40-16-29/h2-7,10,17-18,23,25,38H,8-9,12-16H2,1H3,(H,32,33,34,35)/t18?,23-,25+/m1/s1. The van der Waals surface area contributed by atoms with Crippen LogP contribution in [-0.4, -0.2) is 88.6 Å². The molecule has 0 aliphatic carbocycles. The van der Waals surface area contributed by atoms with Crippen molar-refractivity contribution < 1.29 is 23.8 Å². The number of carbonyl (C=O) groups excluding carboxylic acids is 1. The number of hydrogen-bond donors (Lipinski definition) is 2. The van der Waals surface area contributed by atoms with Gasteiger partial charge in [0.1, 0.15) is 30.4 Å². The first-order chi connectivity index (χ1) is 19.8. The van der Waals surface area contributed by atoms with Crippen molar-refractivity contribution in [3.63, 3.8) is 0 Å². The van der Waals surface area contributed by atoms with Crippen molar-refractivity contribution >= 4 is 23.2 Å². The number of piperidine rings is 1. The summed E-state index contributed by atoms with van der Waals surface area (Å²) in [5, 5.41) is 22.5. The molecule has 11 nitrogen and oxygen atoms in total. The molecular formula is C29H30FN7O4. The molecule has 2 N–H and O–H groups in total. The minimum Gasteiger partial charge on any atom is -0.486 e. The van der Waals surface area contributed by atoms with Crippen LogP contribution in [0.1, 0.15) is 18.9 Å². The summed E-state index contributed by atoms with van der Waals surface area (Å²) in [4.78, 5) is 28.6. The number of ether oxygens (including phenoxy) is 2. The third-order valence-corrected chi connectivity index (χ3v) is 7.72. The van der Waals surface area contributed by atoms with Crippen LogP contribution in [0.2, 0.25) is 0 Å². The van der Waals surface area contributed by atoms with Crippen LogP contribution >= 0.6 is 0 Å². The number of aliphatic hydroxyl groups is 1. The summed E-state index contributed by atoms with van der Waals surface area (Å²) < 4.78 is 26.0. The Morgan fingerprint density at radius 1 is 1.24 bits per heavy atom. The Kier molecular flexibility index (Phi) is 7.15. The van der Waals surface area contributed by atoms with Gasteiger partial charge in [-0.25, -0.2) is 14.4 Å². The number of benzene rings is 2. The summed E-state index contributed by atoms with van der Waals surface area (Å²) >= 11 is 0. The summed E-state index contributed by atoms with van der Waals surface area (Å²) in [5.41, 5.74) is 3.13. The van der Waals surface area contributed by atoms with Crippen LogP contribution in [0.4, 0.5) is 21.7 Å². The molecule has 6 rings (SSSR count). The van der Waals surface area contributed by atoms with E-state index in [0.29, 0.717) is 22.8 Å². The van der Waals surface area contributed by atoms with Crippen molar-refractivity contribution in [2.45, 2.75) is 31.7 Å². The van der Waals surface area contributed by atoms with Gasteiger partial charge in [-0.15, -0.1) is 0 Å². The number of carbonyl (C=O) groups is 1. The Hall–Kier alpha value is -4.34. The molecule has 1 spiro atoms. The van der Waals surface area contributed by atoms with E-state index in [-0.39, 0.29) is 30.8 Å². The molecule has 1 amide bonds. The Bertz CT molecular complexity index is 1470. The lowest BCUT2D eigenvalue weighted by molar-refractivity contribution is -0.143. The summed E-state index contributed by atoms with van der Waals surface area (Å²) in [6, 6.07) is 15.1. The lowest BCUT2D eigenvalue weighted by atomic mass is 9.78. The Balaban J connectivity index is 1.10. The van der Waals surface area contributed by atoms with Gasteiger partial charge in [-0.05, 0) is 49.4 Å². The van der Waals surface area contributed by atoms with E-state index in [1.165, 1.54) is 18.2 Å². The topological polar surface area (TPSA) is 137 Å². The maximum atomic E-state index is 14.8. The fraction of sp³-hybridized carbons (Fsp3) is 0.414. The summed E-state index contributed by atoms with van der Waals surface area (Å²) in [6.45, 7) is 5.17. The van der Waals surface area contributed by atoms with E-state index >= 15 is 0 Å². The van der Waals surface area contributed by atoms with Crippen LogP contribution in [0, 0.1) is 16.7 Å². The Morgan fingerprint density at radius 3 is 2.68 bits per heavy atom. The average molecular weight is 560 g/mol. The first kappa shape index (κ1) is 26.9. The second-order valence-corrected chi connectivity index (χ2v) is 10.9. The molecule has 2 aromatic carbocycles. The van der Waals surface area contributed by atoms with Crippen LogP contribution in [0.25, 0.3) is 11.4 Å². The van der Waals surface area contributed by atoms with Crippen molar-refractivity contribution in [3.05, 3.63) is 54.4 Å². The number of aromatic nitrogens is 3. The SMILES string of the molecule is CC(O)C(=O)N1CC[C@H](Oc2ccc(-c3ncnc(Nc4ccc(N5CC6(COC6)C5)cc4)n3)cc2C#N)[C@H](F)C1. The van der Waals surface area contributed by atoms with Crippen molar-refractivity contribution in [3.8, 4) is 23.2 Å².